The molecule has 1 heterocycles. The smallest absolute Gasteiger partial charge is 0.238 e. The highest BCUT2D eigenvalue weighted by Crippen LogP contribution is 2.28. The number of halogens is 2. The number of nitrogens with zero attached hydrogens (tertiary/aromatic N) is 1. The van der Waals surface area contributed by atoms with Crippen LogP contribution in [0.15, 0.2) is 18.2 Å². The van der Waals surface area contributed by atoms with Gasteiger partial charge in [0.05, 0.1) is 6.04 Å². The molecule has 1 atom stereocenters. The maximum Gasteiger partial charge on any atom is 0.238 e. The lowest BCUT2D eigenvalue weighted by Crippen LogP contribution is -2.42. The van der Waals surface area contributed by atoms with Crippen LogP contribution in [0.25, 0.3) is 0 Å². The Hall–Kier alpha value is -0.780. The minimum absolute atomic E-state index is 0.0149. The van der Waals surface area contributed by atoms with Gasteiger partial charge in [0.1, 0.15) is 5.82 Å². The molecular weight excluding hydrogens is 311 g/mol. The molecular formula is C15H20ClFN2OS. The first-order valence-corrected chi connectivity index (χ1v) is 8.40. The summed E-state index contributed by atoms with van der Waals surface area (Å²) in [5, 5.41) is 3.25. The normalized spacial score (nSPS) is 19.2. The summed E-state index contributed by atoms with van der Waals surface area (Å²) in [5.41, 5.74) is 0.729. The number of carbonyl (C=O) groups is 1. The monoisotopic (exact) mass is 330 g/mol. The van der Waals surface area contributed by atoms with Crippen molar-refractivity contribution in [2.45, 2.75) is 32.9 Å². The zero-order valence-electron chi connectivity index (χ0n) is 12.2. The largest absolute Gasteiger partial charge is 0.351 e. The predicted molar refractivity (Wildman–Crippen MR) is 85.7 cm³/mol. The lowest BCUT2D eigenvalue weighted by Gasteiger charge is -2.24. The number of hydrogen-bond acceptors (Lipinski definition) is 3. The Kier molecular flexibility index (Phi) is 5.90. The standard InChI is InChI=1S/C15H20ClFN2OS/c1-10(2)9-19-14(5-6-21-19)15(20)18-8-11-3-4-12(17)7-13(11)16/h3-4,7,10,14H,5-6,8-9H2,1-2H3,(H,18,20). The van der Waals surface area contributed by atoms with Gasteiger partial charge in [-0.05, 0) is 30.0 Å². The summed E-state index contributed by atoms with van der Waals surface area (Å²) in [5.74, 6) is 1.14. The molecule has 1 aliphatic rings. The molecule has 1 saturated heterocycles. The number of amides is 1. The van der Waals surface area contributed by atoms with Crippen molar-refractivity contribution in [3.63, 3.8) is 0 Å². The fourth-order valence-electron chi connectivity index (χ4n) is 2.28. The Labute approximate surface area is 134 Å². The molecule has 116 valence electrons. The van der Waals surface area contributed by atoms with E-state index in [1.54, 1.807) is 18.0 Å². The highest BCUT2D eigenvalue weighted by atomic mass is 35.5. The van der Waals surface area contributed by atoms with Crippen molar-refractivity contribution in [2.75, 3.05) is 12.3 Å². The van der Waals surface area contributed by atoms with Crippen molar-refractivity contribution < 1.29 is 9.18 Å². The van der Waals surface area contributed by atoms with Gasteiger partial charge in [0, 0.05) is 23.9 Å². The minimum atomic E-state index is -0.370. The van der Waals surface area contributed by atoms with Crippen molar-refractivity contribution in [1.82, 2.24) is 9.62 Å². The molecule has 0 saturated carbocycles. The average molecular weight is 331 g/mol. The molecule has 1 amide bonds. The second-order valence-electron chi connectivity index (χ2n) is 5.58. The van der Waals surface area contributed by atoms with Crippen LogP contribution in [0.2, 0.25) is 5.02 Å². The third-order valence-corrected chi connectivity index (χ3v) is 4.82. The van der Waals surface area contributed by atoms with Gasteiger partial charge in [-0.2, -0.15) is 0 Å². The second kappa shape index (κ2) is 7.47. The molecule has 0 spiro atoms. The summed E-state index contributed by atoms with van der Waals surface area (Å²) in [4.78, 5) is 12.3. The molecule has 1 fully saturated rings. The van der Waals surface area contributed by atoms with E-state index in [1.807, 2.05) is 0 Å². The van der Waals surface area contributed by atoms with Crippen molar-refractivity contribution in [1.29, 1.82) is 0 Å². The van der Waals surface area contributed by atoms with Crippen molar-refractivity contribution in [3.8, 4) is 0 Å². The van der Waals surface area contributed by atoms with Gasteiger partial charge >= 0.3 is 0 Å². The predicted octanol–water partition coefficient (Wildman–Crippen LogP) is 3.47. The lowest BCUT2D eigenvalue weighted by atomic mass is 10.1. The first kappa shape index (κ1) is 16.6. The average Bonchev–Trinajstić information content (AvgIpc) is 2.84. The Morgan fingerprint density at radius 1 is 1.57 bits per heavy atom. The number of rotatable bonds is 5. The topological polar surface area (TPSA) is 32.3 Å². The molecule has 3 nitrogen and oxygen atoms in total. The van der Waals surface area contributed by atoms with E-state index in [0.29, 0.717) is 17.5 Å². The number of benzene rings is 1. The van der Waals surface area contributed by atoms with Crippen LogP contribution in [-0.4, -0.2) is 28.6 Å². The van der Waals surface area contributed by atoms with Gasteiger partial charge < -0.3 is 5.32 Å². The Morgan fingerprint density at radius 2 is 2.33 bits per heavy atom. The molecule has 0 aliphatic carbocycles. The van der Waals surface area contributed by atoms with Crippen LogP contribution in [-0.2, 0) is 11.3 Å². The molecule has 21 heavy (non-hydrogen) atoms. The van der Waals surface area contributed by atoms with Gasteiger partial charge in [-0.15, -0.1) is 0 Å². The van der Waals surface area contributed by atoms with Gasteiger partial charge in [-0.1, -0.05) is 43.5 Å². The maximum atomic E-state index is 13.0. The molecule has 0 bridgehead atoms. The van der Waals surface area contributed by atoms with Crippen LogP contribution in [0.4, 0.5) is 4.39 Å². The molecule has 1 N–H and O–H groups in total. The van der Waals surface area contributed by atoms with E-state index in [0.717, 1.165) is 24.3 Å². The Balaban J connectivity index is 1.92. The van der Waals surface area contributed by atoms with E-state index in [1.165, 1.54) is 12.1 Å². The summed E-state index contributed by atoms with van der Waals surface area (Å²) < 4.78 is 15.1. The quantitative estimate of drug-likeness (QED) is 0.839. The molecule has 2 rings (SSSR count). The summed E-state index contributed by atoms with van der Waals surface area (Å²) in [6.45, 7) is 5.52. The molecule has 1 aromatic rings. The summed E-state index contributed by atoms with van der Waals surface area (Å²) >= 11 is 7.70. The molecule has 0 aromatic heterocycles. The summed E-state index contributed by atoms with van der Waals surface area (Å²) in [7, 11) is 0. The maximum absolute atomic E-state index is 13.0. The number of hydrogen-bond donors (Lipinski definition) is 1. The van der Waals surface area contributed by atoms with Crippen LogP contribution in [0.5, 0.6) is 0 Å². The van der Waals surface area contributed by atoms with Crippen LogP contribution in [0, 0.1) is 11.7 Å². The number of nitrogens with one attached hydrogen (secondary N) is 1. The van der Waals surface area contributed by atoms with E-state index < -0.39 is 0 Å². The van der Waals surface area contributed by atoms with Gasteiger partial charge in [0.25, 0.3) is 0 Å². The lowest BCUT2D eigenvalue weighted by molar-refractivity contribution is -0.124. The van der Waals surface area contributed by atoms with Gasteiger partial charge in [-0.25, -0.2) is 8.70 Å². The van der Waals surface area contributed by atoms with Gasteiger partial charge in [0.15, 0.2) is 0 Å². The fourth-order valence-corrected chi connectivity index (χ4v) is 3.86. The van der Waals surface area contributed by atoms with Crippen molar-refractivity contribution >= 4 is 29.5 Å². The zero-order valence-corrected chi connectivity index (χ0v) is 13.8. The van der Waals surface area contributed by atoms with Crippen molar-refractivity contribution in [2.24, 2.45) is 5.92 Å². The highest BCUT2D eigenvalue weighted by Gasteiger charge is 2.31. The fraction of sp³-hybridized carbons (Fsp3) is 0.533. The third kappa shape index (κ3) is 4.59. The van der Waals surface area contributed by atoms with Crippen LogP contribution >= 0.6 is 23.5 Å². The van der Waals surface area contributed by atoms with Crippen molar-refractivity contribution in [3.05, 3.63) is 34.6 Å². The minimum Gasteiger partial charge on any atom is -0.351 e. The molecule has 0 radical (unpaired) electrons. The SMILES string of the molecule is CC(C)CN1SCCC1C(=O)NCc1ccc(F)cc1Cl. The summed E-state index contributed by atoms with van der Waals surface area (Å²) in [6.07, 6.45) is 0.861. The van der Waals surface area contributed by atoms with E-state index in [-0.39, 0.29) is 17.8 Å². The number of carbonyl (C=O) groups excluding carboxylic acids is 1. The first-order valence-electron chi connectivity index (χ1n) is 7.08. The Morgan fingerprint density at radius 3 is 3.00 bits per heavy atom. The van der Waals surface area contributed by atoms with Crippen LogP contribution in [0.1, 0.15) is 25.8 Å². The molecule has 1 aromatic carbocycles. The Bertz CT molecular complexity index is 512. The van der Waals surface area contributed by atoms with Gasteiger partial charge in [0.2, 0.25) is 5.91 Å². The second-order valence-corrected chi connectivity index (χ2v) is 7.13. The van der Waals surface area contributed by atoms with Crippen LogP contribution in [0.3, 0.4) is 0 Å². The molecule has 1 aliphatic heterocycles. The highest BCUT2D eigenvalue weighted by molar-refractivity contribution is 7.97. The third-order valence-electron chi connectivity index (χ3n) is 3.31. The van der Waals surface area contributed by atoms with Gasteiger partial charge in [-0.3, -0.25) is 4.79 Å². The van der Waals surface area contributed by atoms with Crippen LogP contribution < -0.4 is 5.32 Å². The molecule has 6 heteroatoms. The molecule has 1 unspecified atom stereocenters. The van der Waals surface area contributed by atoms with E-state index in [2.05, 4.69) is 23.5 Å². The summed E-state index contributed by atoms with van der Waals surface area (Å²) in [6, 6.07) is 4.13. The van der Waals surface area contributed by atoms with E-state index in [9.17, 15) is 9.18 Å². The van der Waals surface area contributed by atoms with E-state index in [4.69, 9.17) is 11.6 Å². The van der Waals surface area contributed by atoms with E-state index >= 15 is 0 Å². The zero-order chi connectivity index (χ0) is 15.4. The first-order chi connectivity index (χ1) is 9.97.